The number of aryl methyl sites for hydroxylation is 1. The Labute approximate surface area is 153 Å². The molecule has 4 rings (SSSR count). The fourth-order valence-electron chi connectivity index (χ4n) is 2.63. The summed E-state index contributed by atoms with van der Waals surface area (Å²) in [7, 11) is 3.31. The van der Waals surface area contributed by atoms with Crippen molar-refractivity contribution in [1.82, 2.24) is 34.7 Å². The van der Waals surface area contributed by atoms with Crippen molar-refractivity contribution in [3.05, 3.63) is 28.5 Å². The zero-order valence-corrected chi connectivity index (χ0v) is 15.1. The molecule has 0 aliphatic heterocycles. The Morgan fingerprint density at radius 2 is 2.07 bits per heavy atom. The van der Waals surface area contributed by atoms with E-state index >= 15 is 0 Å². The lowest BCUT2D eigenvalue weighted by molar-refractivity contribution is -0.141. The van der Waals surface area contributed by atoms with Crippen LogP contribution in [-0.4, -0.2) is 54.7 Å². The zero-order valence-electron chi connectivity index (χ0n) is 14.3. The van der Waals surface area contributed by atoms with Gasteiger partial charge in [0.1, 0.15) is 22.5 Å². The van der Waals surface area contributed by atoms with Gasteiger partial charge >= 0.3 is 6.18 Å². The molecule has 12 heteroatoms. The molecule has 0 fully saturated rings. The number of nitrogens with zero attached hydrogens (tertiary/aromatic N) is 6. The van der Waals surface area contributed by atoms with Crippen molar-refractivity contribution in [1.29, 1.82) is 0 Å². The quantitative estimate of drug-likeness (QED) is 0.564. The van der Waals surface area contributed by atoms with E-state index in [4.69, 9.17) is 0 Å². The fraction of sp³-hybridized carbons (Fsp3) is 0.267. The molecule has 4 heterocycles. The summed E-state index contributed by atoms with van der Waals surface area (Å²) < 4.78 is 39.7. The van der Waals surface area contributed by atoms with Gasteiger partial charge in [0, 0.05) is 14.1 Å². The molecule has 140 valence electrons. The molecule has 0 bridgehead atoms. The molecule has 4 aromatic heterocycles. The lowest BCUT2D eigenvalue weighted by Crippen LogP contribution is -2.21. The largest absolute Gasteiger partial charge is 0.432 e. The van der Waals surface area contributed by atoms with Crippen molar-refractivity contribution in [3.63, 3.8) is 0 Å². The molecule has 0 spiro atoms. The van der Waals surface area contributed by atoms with Gasteiger partial charge in [0.05, 0.1) is 10.3 Å². The van der Waals surface area contributed by atoms with E-state index in [2.05, 4.69) is 20.2 Å². The van der Waals surface area contributed by atoms with Crippen LogP contribution in [0.3, 0.4) is 0 Å². The van der Waals surface area contributed by atoms with E-state index in [-0.39, 0.29) is 17.4 Å². The number of carbonyl (C=O) groups excluding carboxylic acids is 1. The predicted molar refractivity (Wildman–Crippen MR) is 91.5 cm³/mol. The highest BCUT2D eigenvalue weighted by Gasteiger charge is 2.33. The molecular formula is C15H12F3N7OS. The molecule has 0 saturated carbocycles. The van der Waals surface area contributed by atoms with E-state index in [1.165, 1.54) is 27.1 Å². The van der Waals surface area contributed by atoms with E-state index < -0.39 is 11.9 Å². The van der Waals surface area contributed by atoms with Crippen LogP contribution in [0.15, 0.2) is 12.4 Å². The third-order valence-electron chi connectivity index (χ3n) is 3.98. The summed E-state index contributed by atoms with van der Waals surface area (Å²) in [6.45, 7) is 1.78. The first-order chi connectivity index (χ1) is 12.7. The number of aromatic nitrogens is 6. The van der Waals surface area contributed by atoms with Crippen molar-refractivity contribution in [2.24, 2.45) is 0 Å². The van der Waals surface area contributed by atoms with E-state index in [1.54, 1.807) is 21.0 Å². The molecule has 1 amide bonds. The molecule has 27 heavy (non-hydrogen) atoms. The van der Waals surface area contributed by atoms with Gasteiger partial charge < -0.3 is 4.90 Å². The van der Waals surface area contributed by atoms with Gasteiger partial charge in [-0.3, -0.25) is 9.89 Å². The maximum absolute atomic E-state index is 12.8. The SMILES string of the molecule is Cc1c(C(=O)N(C)C)sc2ncn3nc(-c4cc(C(F)(F)F)[nH]n4)nc3c12. The van der Waals surface area contributed by atoms with Gasteiger partial charge in [-0.2, -0.15) is 18.3 Å². The van der Waals surface area contributed by atoms with Gasteiger partial charge in [-0.25, -0.2) is 14.5 Å². The molecule has 1 N–H and O–H groups in total. The van der Waals surface area contributed by atoms with Crippen LogP contribution in [0.25, 0.3) is 27.4 Å². The van der Waals surface area contributed by atoms with Crippen LogP contribution in [-0.2, 0) is 6.18 Å². The highest BCUT2D eigenvalue weighted by atomic mass is 32.1. The van der Waals surface area contributed by atoms with Crippen molar-refractivity contribution in [2.45, 2.75) is 13.1 Å². The summed E-state index contributed by atoms with van der Waals surface area (Å²) in [5, 5.41) is 10.4. The number of hydrogen-bond acceptors (Lipinski definition) is 6. The maximum Gasteiger partial charge on any atom is 0.432 e. The van der Waals surface area contributed by atoms with E-state index in [9.17, 15) is 18.0 Å². The smallest absolute Gasteiger partial charge is 0.344 e. The number of amides is 1. The lowest BCUT2D eigenvalue weighted by atomic mass is 10.2. The second-order valence-corrected chi connectivity index (χ2v) is 7.05. The van der Waals surface area contributed by atoms with E-state index in [1.807, 2.05) is 5.10 Å². The zero-order chi connectivity index (χ0) is 19.5. The normalized spacial score (nSPS) is 12.2. The Morgan fingerprint density at radius 1 is 1.33 bits per heavy atom. The summed E-state index contributed by atoms with van der Waals surface area (Å²) in [4.78, 5) is 23.5. The van der Waals surface area contributed by atoms with Crippen LogP contribution in [0.5, 0.6) is 0 Å². The van der Waals surface area contributed by atoms with Gasteiger partial charge in [0.25, 0.3) is 5.91 Å². The number of carbonyl (C=O) groups is 1. The number of hydrogen-bond donors (Lipinski definition) is 1. The van der Waals surface area contributed by atoms with Gasteiger partial charge in [-0.1, -0.05) is 0 Å². The highest BCUT2D eigenvalue weighted by Crippen LogP contribution is 2.33. The topological polar surface area (TPSA) is 92.1 Å². The number of rotatable bonds is 2. The molecule has 8 nitrogen and oxygen atoms in total. The minimum absolute atomic E-state index is 0.0298. The Bertz CT molecular complexity index is 1190. The van der Waals surface area contributed by atoms with Crippen LogP contribution in [0.2, 0.25) is 0 Å². The molecule has 4 aromatic rings. The van der Waals surface area contributed by atoms with E-state index in [0.717, 1.165) is 6.07 Å². The molecule has 0 saturated heterocycles. The van der Waals surface area contributed by atoms with Crippen LogP contribution in [0.1, 0.15) is 20.9 Å². The van der Waals surface area contributed by atoms with Crippen molar-refractivity contribution < 1.29 is 18.0 Å². The number of alkyl halides is 3. The van der Waals surface area contributed by atoms with Crippen LogP contribution in [0.4, 0.5) is 13.2 Å². The molecule has 0 aliphatic carbocycles. The number of thiophene rings is 1. The standard InChI is InChI=1S/C15H12F3N7OS/c1-6-9-12-20-11(7-4-8(22-21-7)15(16,17)18)23-25(12)5-19-13(9)27-10(6)14(26)24(2)3/h4-5H,1-3H3,(H,21,22). The first-order valence-corrected chi connectivity index (χ1v) is 8.47. The van der Waals surface area contributed by atoms with Crippen molar-refractivity contribution >= 4 is 33.1 Å². The van der Waals surface area contributed by atoms with Crippen molar-refractivity contribution in [3.8, 4) is 11.5 Å². The Hall–Kier alpha value is -3.02. The Balaban J connectivity index is 1.88. The first kappa shape index (κ1) is 17.4. The summed E-state index contributed by atoms with van der Waals surface area (Å²) in [6, 6.07) is 0.848. The van der Waals surface area contributed by atoms with Crippen LogP contribution >= 0.6 is 11.3 Å². The van der Waals surface area contributed by atoms with E-state index in [0.29, 0.717) is 26.3 Å². The second kappa shape index (κ2) is 5.74. The first-order valence-electron chi connectivity index (χ1n) is 7.66. The number of nitrogens with one attached hydrogen (secondary N) is 1. The minimum Gasteiger partial charge on any atom is -0.344 e. The molecule has 0 aliphatic rings. The summed E-state index contributed by atoms with van der Waals surface area (Å²) in [5.41, 5.74) is 0.0868. The van der Waals surface area contributed by atoms with Gasteiger partial charge in [-0.05, 0) is 18.6 Å². The highest BCUT2D eigenvalue weighted by molar-refractivity contribution is 7.20. The summed E-state index contributed by atoms with van der Waals surface area (Å²) in [5.74, 6) is -0.127. The summed E-state index contributed by atoms with van der Waals surface area (Å²) >= 11 is 1.23. The molecule has 0 aromatic carbocycles. The average Bonchev–Trinajstić information content (AvgIpc) is 3.29. The number of aromatic amines is 1. The Kier molecular flexibility index (Phi) is 3.70. The predicted octanol–water partition coefficient (Wildman–Crippen LogP) is 2.76. The third-order valence-corrected chi connectivity index (χ3v) is 5.17. The van der Waals surface area contributed by atoms with Gasteiger partial charge in [0.2, 0.25) is 5.82 Å². The maximum atomic E-state index is 12.8. The van der Waals surface area contributed by atoms with Crippen molar-refractivity contribution in [2.75, 3.05) is 14.1 Å². The van der Waals surface area contributed by atoms with Gasteiger partial charge in [-0.15, -0.1) is 16.4 Å². The lowest BCUT2D eigenvalue weighted by Gasteiger charge is -2.08. The number of H-pyrrole nitrogens is 1. The summed E-state index contributed by atoms with van der Waals surface area (Å²) in [6.07, 6.45) is -3.13. The Morgan fingerprint density at radius 3 is 2.70 bits per heavy atom. The molecule has 0 unspecified atom stereocenters. The third kappa shape index (κ3) is 2.72. The van der Waals surface area contributed by atoms with Gasteiger partial charge in [0.15, 0.2) is 5.65 Å². The average molecular weight is 395 g/mol. The number of fused-ring (bicyclic) bond motifs is 3. The molecule has 0 atom stereocenters. The molecular weight excluding hydrogens is 383 g/mol. The number of halogens is 3. The monoisotopic (exact) mass is 395 g/mol. The second-order valence-electron chi connectivity index (χ2n) is 6.05. The fourth-order valence-corrected chi connectivity index (χ4v) is 3.80. The van der Waals surface area contributed by atoms with Crippen LogP contribution in [0, 0.1) is 6.92 Å². The minimum atomic E-state index is -4.54. The molecule has 0 radical (unpaired) electrons. The van der Waals surface area contributed by atoms with Crippen LogP contribution < -0.4 is 0 Å².